The number of thiophene rings is 1. The SMILES string of the molecule is COCc1ccccc1C(=O)N1CC=C(c2cccs2)CC1. The fourth-order valence-electron chi connectivity index (χ4n) is 2.72. The van der Waals surface area contributed by atoms with Crippen molar-refractivity contribution in [1.29, 1.82) is 0 Å². The molecule has 0 unspecified atom stereocenters. The van der Waals surface area contributed by atoms with Gasteiger partial charge in [0.15, 0.2) is 0 Å². The summed E-state index contributed by atoms with van der Waals surface area (Å²) in [5.74, 6) is 0.0918. The number of rotatable bonds is 4. The first-order chi connectivity index (χ1) is 10.8. The zero-order valence-corrected chi connectivity index (χ0v) is 13.4. The molecule has 0 saturated carbocycles. The quantitative estimate of drug-likeness (QED) is 0.858. The highest BCUT2D eigenvalue weighted by atomic mass is 32.1. The second-order valence-electron chi connectivity index (χ2n) is 5.30. The summed E-state index contributed by atoms with van der Waals surface area (Å²) in [6.45, 7) is 1.91. The van der Waals surface area contributed by atoms with Gasteiger partial charge in [0.25, 0.3) is 5.91 Å². The highest BCUT2D eigenvalue weighted by molar-refractivity contribution is 7.11. The summed E-state index contributed by atoms with van der Waals surface area (Å²) in [4.78, 5) is 16.0. The van der Waals surface area contributed by atoms with Crippen molar-refractivity contribution in [3.8, 4) is 0 Å². The lowest BCUT2D eigenvalue weighted by Crippen LogP contribution is -2.35. The number of methoxy groups -OCH3 is 1. The molecular weight excluding hydrogens is 294 g/mol. The Morgan fingerprint density at radius 2 is 2.14 bits per heavy atom. The van der Waals surface area contributed by atoms with Gasteiger partial charge in [-0.25, -0.2) is 0 Å². The van der Waals surface area contributed by atoms with Gasteiger partial charge in [0.1, 0.15) is 0 Å². The Kier molecular flexibility index (Phi) is 4.71. The van der Waals surface area contributed by atoms with E-state index in [0.29, 0.717) is 13.2 Å². The fraction of sp³-hybridized carbons (Fsp3) is 0.278. The summed E-state index contributed by atoms with van der Waals surface area (Å²) in [7, 11) is 1.65. The predicted octanol–water partition coefficient (Wildman–Crippen LogP) is 3.82. The van der Waals surface area contributed by atoms with Crippen LogP contribution >= 0.6 is 11.3 Å². The van der Waals surface area contributed by atoms with Crippen LogP contribution in [0.1, 0.15) is 27.2 Å². The van der Waals surface area contributed by atoms with Gasteiger partial charge < -0.3 is 9.64 Å². The van der Waals surface area contributed by atoms with E-state index < -0.39 is 0 Å². The van der Waals surface area contributed by atoms with Gasteiger partial charge in [-0.2, -0.15) is 0 Å². The van der Waals surface area contributed by atoms with E-state index >= 15 is 0 Å². The smallest absolute Gasteiger partial charge is 0.254 e. The standard InChI is InChI=1S/C18H19NO2S/c1-21-13-15-5-2-3-6-16(15)18(20)19-10-8-14(9-11-19)17-7-4-12-22-17/h2-8,12H,9-11,13H2,1H3. The molecule has 1 amide bonds. The molecule has 0 spiro atoms. The van der Waals surface area contributed by atoms with E-state index in [1.807, 2.05) is 29.2 Å². The number of benzene rings is 1. The molecule has 4 heteroatoms. The van der Waals surface area contributed by atoms with Gasteiger partial charge >= 0.3 is 0 Å². The lowest BCUT2D eigenvalue weighted by atomic mass is 10.0. The molecule has 0 saturated heterocycles. The number of nitrogens with zero attached hydrogens (tertiary/aromatic N) is 1. The number of ether oxygens (including phenoxy) is 1. The molecule has 3 nitrogen and oxygen atoms in total. The summed E-state index contributed by atoms with van der Waals surface area (Å²) in [6, 6.07) is 11.9. The van der Waals surface area contributed by atoms with Crippen LogP contribution in [0.4, 0.5) is 0 Å². The third-order valence-corrected chi connectivity index (χ3v) is 4.83. The zero-order valence-electron chi connectivity index (χ0n) is 12.6. The van der Waals surface area contributed by atoms with Crippen molar-refractivity contribution in [3.05, 3.63) is 63.9 Å². The van der Waals surface area contributed by atoms with Gasteiger partial charge in [0.2, 0.25) is 0 Å². The van der Waals surface area contributed by atoms with Crippen molar-refractivity contribution in [2.24, 2.45) is 0 Å². The molecule has 3 rings (SSSR count). The second kappa shape index (κ2) is 6.90. The van der Waals surface area contributed by atoms with E-state index in [1.54, 1.807) is 18.4 Å². The monoisotopic (exact) mass is 313 g/mol. The summed E-state index contributed by atoms with van der Waals surface area (Å²) in [5, 5.41) is 2.09. The molecule has 0 fully saturated rings. The maximum atomic E-state index is 12.7. The highest BCUT2D eigenvalue weighted by Crippen LogP contribution is 2.27. The maximum absolute atomic E-state index is 12.7. The van der Waals surface area contributed by atoms with E-state index in [-0.39, 0.29) is 5.91 Å². The van der Waals surface area contributed by atoms with Crippen LogP contribution < -0.4 is 0 Å². The molecule has 1 aromatic carbocycles. The summed E-state index contributed by atoms with van der Waals surface area (Å²) in [6.07, 6.45) is 3.09. The van der Waals surface area contributed by atoms with Gasteiger partial charge in [-0.05, 0) is 35.1 Å². The number of hydrogen-bond donors (Lipinski definition) is 0. The Morgan fingerprint density at radius 3 is 2.82 bits per heavy atom. The van der Waals surface area contributed by atoms with Crippen molar-refractivity contribution >= 4 is 22.8 Å². The minimum atomic E-state index is 0.0918. The molecule has 1 aliphatic heterocycles. The zero-order chi connectivity index (χ0) is 15.4. The van der Waals surface area contributed by atoms with Crippen LogP contribution in [0.3, 0.4) is 0 Å². The van der Waals surface area contributed by atoms with Gasteiger partial charge in [0.05, 0.1) is 6.61 Å². The molecule has 0 N–H and O–H groups in total. The Labute approximate surface area is 134 Å². The van der Waals surface area contributed by atoms with E-state index in [9.17, 15) is 4.79 Å². The van der Waals surface area contributed by atoms with Crippen molar-refractivity contribution in [1.82, 2.24) is 4.90 Å². The summed E-state index contributed by atoms with van der Waals surface area (Å²) >= 11 is 1.76. The first kappa shape index (κ1) is 15.0. The molecule has 114 valence electrons. The first-order valence-corrected chi connectivity index (χ1v) is 8.26. The molecule has 1 aromatic heterocycles. The lowest BCUT2D eigenvalue weighted by Gasteiger charge is -2.27. The van der Waals surface area contributed by atoms with E-state index in [2.05, 4.69) is 23.6 Å². The third-order valence-electron chi connectivity index (χ3n) is 3.88. The molecule has 0 aliphatic carbocycles. The van der Waals surface area contributed by atoms with Crippen LogP contribution in [0.2, 0.25) is 0 Å². The van der Waals surface area contributed by atoms with Gasteiger partial charge in [-0.1, -0.05) is 30.3 Å². The van der Waals surface area contributed by atoms with Crippen LogP contribution in [-0.2, 0) is 11.3 Å². The average Bonchev–Trinajstić information content (AvgIpc) is 3.10. The van der Waals surface area contributed by atoms with Crippen LogP contribution in [0.25, 0.3) is 5.57 Å². The molecule has 0 atom stereocenters. The molecule has 0 bridgehead atoms. The molecule has 2 heterocycles. The number of carbonyl (C=O) groups excluding carboxylic acids is 1. The van der Waals surface area contributed by atoms with Gasteiger partial charge in [-0.3, -0.25) is 4.79 Å². The van der Waals surface area contributed by atoms with Crippen LogP contribution in [-0.4, -0.2) is 31.0 Å². The number of hydrogen-bond acceptors (Lipinski definition) is 3. The predicted molar refractivity (Wildman–Crippen MR) is 90.0 cm³/mol. The Hall–Kier alpha value is -1.91. The minimum absolute atomic E-state index is 0.0918. The topological polar surface area (TPSA) is 29.5 Å². The second-order valence-corrected chi connectivity index (χ2v) is 6.25. The largest absolute Gasteiger partial charge is 0.380 e. The fourth-order valence-corrected chi connectivity index (χ4v) is 3.52. The molecule has 0 radical (unpaired) electrons. The Morgan fingerprint density at radius 1 is 1.27 bits per heavy atom. The maximum Gasteiger partial charge on any atom is 0.254 e. The van der Waals surface area contributed by atoms with Crippen molar-refractivity contribution in [2.45, 2.75) is 13.0 Å². The molecule has 22 heavy (non-hydrogen) atoms. The minimum Gasteiger partial charge on any atom is -0.380 e. The van der Waals surface area contributed by atoms with Crippen molar-refractivity contribution in [3.63, 3.8) is 0 Å². The lowest BCUT2D eigenvalue weighted by molar-refractivity contribution is 0.0768. The van der Waals surface area contributed by atoms with Crippen LogP contribution in [0.15, 0.2) is 47.9 Å². The van der Waals surface area contributed by atoms with E-state index in [0.717, 1.165) is 24.1 Å². The van der Waals surface area contributed by atoms with E-state index in [1.165, 1.54) is 10.5 Å². The van der Waals surface area contributed by atoms with E-state index in [4.69, 9.17) is 4.74 Å². The van der Waals surface area contributed by atoms with Gasteiger partial charge in [-0.15, -0.1) is 11.3 Å². The first-order valence-electron chi connectivity index (χ1n) is 7.38. The molecule has 2 aromatic rings. The van der Waals surface area contributed by atoms with Crippen LogP contribution in [0.5, 0.6) is 0 Å². The van der Waals surface area contributed by atoms with Gasteiger partial charge in [0, 0.05) is 30.6 Å². The highest BCUT2D eigenvalue weighted by Gasteiger charge is 2.21. The Balaban J connectivity index is 1.75. The number of carbonyl (C=O) groups is 1. The van der Waals surface area contributed by atoms with Crippen molar-refractivity contribution in [2.75, 3.05) is 20.2 Å². The normalized spacial score (nSPS) is 14.8. The van der Waals surface area contributed by atoms with Crippen LogP contribution in [0, 0.1) is 0 Å². The molecule has 1 aliphatic rings. The Bertz CT molecular complexity index is 676. The average molecular weight is 313 g/mol. The summed E-state index contributed by atoms with van der Waals surface area (Å²) < 4.78 is 5.19. The number of amides is 1. The third kappa shape index (κ3) is 3.13. The van der Waals surface area contributed by atoms with Crippen molar-refractivity contribution < 1.29 is 9.53 Å². The molecular formula is C18H19NO2S. The summed E-state index contributed by atoms with van der Waals surface area (Å²) in [5.41, 5.74) is 3.05.